The van der Waals surface area contributed by atoms with Gasteiger partial charge in [-0.1, -0.05) is 60.1 Å². The summed E-state index contributed by atoms with van der Waals surface area (Å²) in [5, 5.41) is 7.84. The van der Waals surface area contributed by atoms with E-state index >= 15 is 0 Å². The molecule has 0 aliphatic carbocycles. The summed E-state index contributed by atoms with van der Waals surface area (Å²) in [6.45, 7) is 0.321. The Kier molecular flexibility index (Phi) is 5.17. The Bertz CT molecular complexity index is 1090. The van der Waals surface area contributed by atoms with E-state index in [0.717, 1.165) is 22.5 Å². The van der Waals surface area contributed by atoms with Crippen LogP contribution in [0.5, 0.6) is 0 Å². The number of amides is 1. The minimum absolute atomic E-state index is 0.184. The van der Waals surface area contributed by atoms with Gasteiger partial charge in [0.15, 0.2) is 0 Å². The van der Waals surface area contributed by atoms with Crippen LogP contribution < -0.4 is 5.32 Å². The SMILES string of the molecule is O=C(NCc1cn(-c2ccccc2)nc1-c1ccccc1)c1cccnc1Cl. The van der Waals surface area contributed by atoms with Gasteiger partial charge in [-0.2, -0.15) is 5.10 Å². The molecule has 0 atom stereocenters. The molecule has 0 saturated carbocycles. The molecule has 0 spiro atoms. The van der Waals surface area contributed by atoms with Crippen molar-refractivity contribution in [3.8, 4) is 16.9 Å². The number of para-hydroxylation sites is 1. The summed E-state index contributed by atoms with van der Waals surface area (Å²) in [6.07, 6.45) is 3.49. The van der Waals surface area contributed by atoms with Crippen LogP contribution in [0, 0.1) is 0 Å². The van der Waals surface area contributed by atoms with Crippen LogP contribution >= 0.6 is 11.6 Å². The highest BCUT2D eigenvalue weighted by Gasteiger charge is 2.15. The molecular formula is C22H17ClN4O. The first-order valence-electron chi connectivity index (χ1n) is 8.80. The van der Waals surface area contributed by atoms with Crippen molar-refractivity contribution in [2.75, 3.05) is 0 Å². The smallest absolute Gasteiger partial charge is 0.254 e. The number of nitrogens with one attached hydrogen (secondary N) is 1. The second kappa shape index (κ2) is 8.06. The van der Waals surface area contributed by atoms with Gasteiger partial charge in [0, 0.05) is 30.1 Å². The molecule has 0 fully saturated rings. The number of hydrogen-bond acceptors (Lipinski definition) is 3. The van der Waals surface area contributed by atoms with E-state index in [0.29, 0.717) is 12.1 Å². The van der Waals surface area contributed by atoms with Crippen LogP contribution in [0.1, 0.15) is 15.9 Å². The number of benzene rings is 2. The molecule has 6 heteroatoms. The third-order valence-electron chi connectivity index (χ3n) is 4.30. The summed E-state index contributed by atoms with van der Waals surface area (Å²) in [7, 11) is 0. The lowest BCUT2D eigenvalue weighted by Gasteiger charge is -2.06. The third-order valence-corrected chi connectivity index (χ3v) is 4.60. The molecule has 28 heavy (non-hydrogen) atoms. The van der Waals surface area contributed by atoms with Crippen LogP contribution in [-0.2, 0) is 6.54 Å². The number of pyridine rings is 1. The molecule has 4 rings (SSSR count). The van der Waals surface area contributed by atoms with E-state index in [1.54, 1.807) is 18.3 Å². The van der Waals surface area contributed by atoms with Gasteiger partial charge in [-0.15, -0.1) is 0 Å². The van der Waals surface area contributed by atoms with Crippen molar-refractivity contribution in [2.24, 2.45) is 0 Å². The first-order chi connectivity index (χ1) is 13.7. The topological polar surface area (TPSA) is 59.8 Å². The Hall–Kier alpha value is -3.44. The third kappa shape index (κ3) is 3.80. The van der Waals surface area contributed by atoms with Gasteiger partial charge in [0.25, 0.3) is 5.91 Å². The predicted molar refractivity (Wildman–Crippen MR) is 109 cm³/mol. The first kappa shape index (κ1) is 17.9. The van der Waals surface area contributed by atoms with E-state index in [1.807, 2.05) is 71.5 Å². The zero-order chi connectivity index (χ0) is 19.3. The number of halogens is 1. The largest absolute Gasteiger partial charge is 0.348 e. The monoisotopic (exact) mass is 388 g/mol. The van der Waals surface area contributed by atoms with Gasteiger partial charge >= 0.3 is 0 Å². The molecule has 138 valence electrons. The number of aromatic nitrogens is 3. The number of carbonyl (C=O) groups excluding carboxylic acids is 1. The fraction of sp³-hybridized carbons (Fsp3) is 0.0455. The number of nitrogens with zero attached hydrogens (tertiary/aromatic N) is 3. The molecule has 5 nitrogen and oxygen atoms in total. The minimum Gasteiger partial charge on any atom is -0.348 e. The van der Waals surface area contributed by atoms with Crippen LogP contribution in [0.15, 0.2) is 85.2 Å². The summed E-state index contributed by atoms with van der Waals surface area (Å²) < 4.78 is 1.82. The molecule has 0 aliphatic heterocycles. The van der Waals surface area contributed by atoms with Crippen molar-refractivity contribution >= 4 is 17.5 Å². The van der Waals surface area contributed by atoms with Crippen molar-refractivity contribution in [2.45, 2.75) is 6.54 Å². The maximum atomic E-state index is 12.5. The zero-order valence-electron chi connectivity index (χ0n) is 14.9. The van der Waals surface area contributed by atoms with Crippen LogP contribution in [-0.4, -0.2) is 20.7 Å². The van der Waals surface area contributed by atoms with E-state index < -0.39 is 0 Å². The minimum atomic E-state index is -0.274. The quantitative estimate of drug-likeness (QED) is 0.511. The second-order valence-corrected chi connectivity index (χ2v) is 6.53. The summed E-state index contributed by atoms with van der Waals surface area (Å²) >= 11 is 6.02. The van der Waals surface area contributed by atoms with Crippen LogP contribution in [0.4, 0.5) is 0 Å². The molecule has 0 bridgehead atoms. The lowest BCUT2D eigenvalue weighted by Crippen LogP contribution is -2.23. The normalized spacial score (nSPS) is 10.6. The molecule has 0 saturated heterocycles. The lowest BCUT2D eigenvalue weighted by molar-refractivity contribution is 0.0951. The van der Waals surface area contributed by atoms with Crippen molar-refractivity contribution in [1.29, 1.82) is 0 Å². The summed E-state index contributed by atoms with van der Waals surface area (Å²) in [4.78, 5) is 16.5. The number of carbonyl (C=O) groups is 1. The van der Waals surface area contributed by atoms with Gasteiger partial charge in [-0.25, -0.2) is 9.67 Å². The predicted octanol–water partition coefficient (Wildman–Crippen LogP) is 4.52. The van der Waals surface area contributed by atoms with Crippen LogP contribution in [0.25, 0.3) is 16.9 Å². The van der Waals surface area contributed by atoms with Crippen molar-refractivity contribution in [1.82, 2.24) is 20.1 Å². The second-order valence-electron chi connectivity index (χ2n) is 6.17. The van der Waals surface area contributed by atoms with Crippen LogP contribution in [0.3, 0.4) is 0 Å². The molecule has 0 aliphatic rings. The average Bonchev–Trinajstić information content (AvgIpc) is 3.18. The van der Waals surface area contributed by atoms with Crippen molar-refractivity contribution in [3.63, 3.8) is 0 Å². The van der Waals surface area contributed by atoms with E-state index in [-0.39, 0.29) is 11.1 Å². The Morgan fingerprint density at radius 2 is 1.68 bits per heavy atom. The maximum absolute atomic E-state index is 12.5. The van der Waals surface area contributed by atoms with Gasteiger partial charge in [0.1, 0.15) is 5.15 Å². The summed E-state index contributed by atoms with van der Waals surface area (Å²) in [5.74, 6) is -0.274. The van der Waals surface area contributed by atoms with Gasteiger partial charge in [0.2, 0.25) is 0 Å². The maximum Gasteiger partial charge on any atom is 0.254 e. The molecule has 2 aromatic heterocycles. The highest BCUT2D eigenvalue weighted by atomic mass is 35.5. The number of hydrogen-bond donors (Lipinski definition) is 1. The summed E-state index contributed by atoms with van der Waals surface area (Å²) in [6, 6.07) is 23.1. The van der Waals surface area contributed by atoms with Crippen LogP contribution in [0.2, 0.25) is 5.15 Å². The highest BCUT2D eigenvalue weighted by Crippen LogP contribution is 2.24. The Morgan fingerprint density at radius 1 is 0.964 bits per heavy atom. The van der Waals surface area contributed by atoms with Gasteiger partial charge < -0.3 is 5.32 Å². The molecule has 2 heterocycles. The zero-order valence-corrected chi connectivity index (χ0v) is 15.7. The van der Waals surface area contributed by atoms with Gasteiger partial charge in [-0.05, 0) is 24.3 Å². The molecule has 0 unspecified atom stereocenters. The van der Waals surface area contributed by atoms with E-state index in [2.05, 4.69) is 10.3 Å². The molecular weight excluding hydrogens is 372 g/mol. The van der Waals surface area contributed by atoms with Gasteiger partial charge in [-0.3, -0.25) is 4.79 Å². The van der Waals surface area contributed by atoms with Crippen molar-refractivity contribution in [3.05, 3.63) is 101 Å². The van der Waals surface area contributed by atoms with Crippen molar-refractivity contribution < 1.29 is 4.79 Å². The van der Waals surface area contributed by atoms with Gasteiger partial charge in [0.05, 0.1) is 16.9 Å². The van der Waals surface area contributed by atoms with E-state index in [4.69, 9.17) is 16.7 Å². The molecule has 1 N–H and O–H groups in total. The van der Waals surface area contributed by atoms with E-state index in [9.17, 15) is 4.79 Å². The summed E-state index contributed by atoms with van der Waals surface area (Å²) in [5.41, 5.74) is 4.01. The Balaban J connectivity index is 1.64. The lowest BCUT2D eigenvalue weighted by atomic mass is 10.1. The number of rotatable bonds is 5. The van der Waals surface area contributed by atoms with E-state index in [1.165, 1.54) is 0 Å². The molecule has 4 aromatic rings. The average molecular weight is 389 g/mol. The molecule has 1 amide bonds. The Morgan fingerprint density at radius 3 is 2.39 bits per heavy atom. The first-order valence-corrected chi connectivity index (χ1v) is 9.18. The highest BCUT2D eigenvalue weighted by molar-refractivity contribution is 6.32. The Labute approximate surface area is 167 Å². The fourth-order valence-electron chi connectivity index (χ4n) is 2.92. The standard InChI is InChI=1S/C22H17ClN4O/c23-21-19(12-7-13-24-21)22(28)25-14-17-15-27(18-10-5-2-6-11-18)26-20(17)16-8-3-1-4-9-16/h1-13,15H,14H2,(H,25,28). The molecule has 0 radical (unpaired) electrons. The molecule has 2 aromatic carbocycles. The fourth-order valence-corrected chi connectivity index (χ4v) is 3.12.